The number of ketones is 1. The third-order valence-electron chi connectivity index (χ3n) is 4.72. The van der Waals surface area contributed by atoms with Crippen LogP contribution in [0, 0.1) is 0 Å². The molecule has 138 valence electrons. The number of furan rings is 2. The number of fused-ring (bicyclic) bond motifs is 1. The minimum Gasteiger partial charge on any atom is -0.492 e. The van der Waals surface area contributed by atoms with Crippen molar-refractivity contribution in [1.82, 2.24) is 19.5 Å². The average Bonchev–Trinajstić information content (AvgIpc) is 3.44. The Bertz CT molecular complexity index is 1070. The second-order valence-electron chi connectivity index (χ2n) is 6.39. The Morgan fingerprint density at radius 1 is 1.15 bits per heavy atom. The lowest BCUT2D eigenvalue weighted by Gasteiger charge is -2.32. The van der Waals surface area contributed by atoms with E-state index in [0.29, 0.717) is 47.4 Å². The summed E-state index contributed by atoms with van der Waals surface area (Å²) < 4.78 is 12.4. The highest BCUT2D eigenvalue weighted by Crippen LogP contribution is 2.41. The van der Waals surface area contributed by atoms with Crippen LogP contribution in [-0.4, -0.2) is 43.5 Å². The predicted molar refractivity (Wildman–Crippen MR) is 96.6 cm³/mol. The first kappa shape index (κ1) is 16.3. The van der Waals surface area contributed by atoms with Crippen molar-refractivity contribution in [3.05, 3.63) is 47.4 Å². The number of likely N-dealkylation sites (tertiary alicyclic amines) is 1. The summed E-state index contributed by atoms with van der Waals surface area (Å²) in [5, 5.41) is 15.2. The van der Waals surface area contributed by atoms with Crippen LogP contribution < -0.4 is 0 Å². The topological polar surface area (TPSA) is 97.0 Å². The van der Waals surface area contributed by atoms with Crippen LogP contribution in [0.5, 0.6) is 5.88 Å². The molecule has 1 fully saturated rings. The van der Waals surface area contributed by atoms with Crippen LogP contribution in [0.25, 0.3) is 16.5 Å². The van der Waals surface area contributed by atoms with Crippen molar-refractivity contribution in [3.8, 4) is 17.5 Å². The summed E-state index contributed by atoms with van der Waals surface area (Å²) in [7, 11) is 0. The van der Waals surface area contributed by atoms with Crippen LogP contribution >= 0.6 is 11.3 Å². The fourth-order valence-electron chi connectivity index (χ4n) is 3.39. The maximum Gasteiger partial charge on any atom is 0.230 e. The molecule has 1 atom stereocenters. The molecular weight excluding hydrogens is 368 g/mol. The first-order chi connectivity index (χ1) is 13.2. The quantitative estimate of drug-likeness (QED) is 0.577. The average molecular weight is 384 g/mol. The van der Waals surface area contributed by atoms with Crippen molar-refractivity contribution >= 4 is 22.1 Å². The third kappa shape index (κ3) is 2.75. The van der Waals surface area contributed by atoms with Crippen LogP contribution in [0.1, 0.15) is 29.5 Å². The van der Waals surface area contributed by atoms with Gasteiger partial charge in [-0.05, 0) is 24.3 Å². The van der Waals surface area contributed by atoms with Crippen molar-refractivity contribution in [3.63, 3.8) is 0 Å². The fraction of sp³-hybridized carbons (Fsp3) is 0.278. The van der Waals surface area contributed by atoms with Crippen LogP contribution in [0.4, 0.5) is 0 Å². The Balaban J connectivity index is 1.57. The van der Waals surface area contributed by atoms with Crippen molar-refractivity contribution in [2.24, 2.45) is 0 Å². The molecule has 0 radical (unpaired) electrons. The molecular formula is C18H16N4O4S. The van der Waals surface area contributed by atoms with Gasteiger partial charge in [-0.25, -0.2) is 0 Å². The number of Topliss-reactive ketones (excluding diaryl/α,β-unsaturated/α-hetero) is 1. The standard InChI is InChI=1S/C18H16N4O4S/c23-11-5-7-21(8-6-11)14(12-3-1-9-25-12)15-17(24)22-18(27-15)19-16(20-22)13-4-2-10-26-13/h1-4,9-10,14,24H,5-8H2. The van der Waals surface area contributed by atoms with E-state index in [9.17, 15) is 9.90 Å². The lowest BCUT2D eigenvalue weighted by atomic mass is 10.0. The van der Waals surface area contributed by atoms with Gasteiger partial charge >= 0.3 is 0 Å². The van der Waals surface area contributed by atoms with Gasteiger partial charge in [-0.3, -0.25) is 9.69 Å². The second kappa shape index (κ2) is 6.36. The van der Waals surface area contributed by atoms with Crippen LogP contribution in [0.3, 0.4) is 0 Å². The summed E-state index contributed by atoms with van der Waals surface area (Å²) >= 11 is 1.35. The Labute approximate surface area is 157 Å². The second-order valence-corrected chi connectivity index (χ2v) is 7.40. The van der Waals surface area contributed by atoms with E-state index < -0.39 is 0 Å². The molecule has 5 rings (SSSR count). The summed E-state index contributed by atoms with van der Waals surface area (Å²) in [5.41, 5.74) is 0. The number of rotatable bonds is 4. The number of aromatic hydroxyl groups is 1. The number of hydrogen-bond donors (Lipinski definition) is 1. The summed E-state index contributed by atoms with van der Waals surface area (Å²) in [6.07, 6.45) is 4.17. The molecule has 27 heavy (non-hydrogen) atoms. The maximum atomic E-state index is 11.6. The number of hydrogen-bond acceptors (Lipinski definition) is 8. The monoisotopic (exact) mass is 384 g/mol. The van der Waals surface area contributed by atoms with Crippen molar-refractivity contribution in [2.45, 2.75) is 18.9 Å². The zero-order chi connectivity index (χ0) is 18.4. The number of aromatic nitrogens is 3. The van der Waals surface area contributed by atoms with Gasteiger partial charge < -0.3 is 13.9 Å². The summed E-state index contributed by atoms with van der Waals surface area (Å²) in [5.74, 6) is 1.98. The van der Waals surface area contributed by atoms with E-state index >= 15 is 0 Å². The molecule has 4 aromatic heterocycles. The fourth-order valence-corrected chi connectivity index (χ4v) is 4.49. The van der Waals surface area contributed by atoms with E-state index in [2.05, 4.69) is 15.0 Å². The molecule has 1 saturated heterocycles. The van der Waals surface area contributed by atoms with E-state index in [0.717, 1.165) is 5.76 Å². The molecule has 0 saturated carbocycles. The lowest BCUT2D eigenvalue weighted by Crippen LogP contribution is -2.37. The molecule has 0 spiro atoms. The molecule has 9 heteroatoms. The summed E-state index contributed by atoms with van der Waals surface area (Å²) in [6, 6.07) is 6.95. The summed E-state index contributed by atoms with van der Waals surface area (Å²) in [6.45, 7) is 1.24. The van der Waals surface area contributed by atoms with Gasteiger partial charge in [0.15, 0.2) is 5.76 Å². The van der Waals surface area contributed by atoms with Gasteiger partial charge in [0.05, 0.1) is 17.4 Å². The van der Waals surface area contributed by atoms with Gasteiger partial charge in [-0.2, -0.15) is 9.50 Å². The van der Waals surface area contributed by atoms with E-state index in [1.54, 1.807) is 24.7 Å². The molecule has 5 heterocycles. The Kier molecular flexibility index (Phi) is 3.83. The van der Waals surface area contributed by atoms with Gasteiger partial charge in [0, 0.05) is 25.9 Å². The highest BCUT2D eigenvalue weighted by Gasteiger charge is 2.33. The van der Waals surface area contributed by atoms with E-state index in [1.165, 1.54) is 15.9 Å². The molecule has 0 amide bonds. The summed E-state index contributed by atoms with van der Waals surface area (Å²) in [4.78, 5) is 19.5. The predicted octanol–water partition coefficient (Wildman–Crippen LogP) is 3.10. The van der Waals surface area contributed by atoms with Gasteiger partial charge in [-0.15, -0.1) is 5.10 Å². The molecule has 1 unspecified atom stereocenters. The normalized spacial score (nSPS) is 17.0. The van der Waals surface area contributed by atoms with Crippen LogP contribution in [0.2, 0.25) is 0 Å². The van der Waals surface area contributed by atoms with Crippen molar-refractivity contribution < 1.29 is 18.7 Å². The number of piperidine rings is 1. The largest absolute Gasteiger partial charge is 0.492 e. The third-order valence-corrected chi connectivity index (χ3v) is 5.80. The highest BCUT2D eigenvalue weighted by molar-refractivity contribution is 7.17. The van der Waals surface area contributed by atoms with E-state index in [4.69, 9.17) is 8.83 Å². The Morgan fingerprint density at radius 3 is 2.59 bits per heavy atom. The zero-order valence-corrected chi connectivity index (χ0v) is 15.1. The van der Waals surface area contributed by atoms with E-state index in [1.807, 2.05) is 12.1 Å². The lowest BCUT2D eigenvalue weighted by molar-refractivity contribution is -0.121. The number of carbonyl (C=O) groups is 1. The smallest absolute Gasteiger partial charge is 0.230 e. The first-order valence-electron chi connectivity index (χ1n) is 8.62. The molecule has 8 nitrogen and oxygen atoms in total. The number of carbonyl (C=O) groups excluding carboxylic acids is 1. The Morgan fingerprint density at radius 2 is 1.93 bits per heavy atom. The van der Waals surface area contributed by atoms with Gasteiger partial charge in [0.25, 0.3) is 0 Å². The van der Waals surface area contributed by atoms with Gasteiger partial charge in [0.1, 0.15) is 17.6 Å². The molecule has 4 aromatic rings. The first-order valence-corrected chi connectivity index (χ1v) is 9.44. The minimum absolute atomic E-state index is 0.0265. The minimum atomic E-state index is -0.284. The van der Waals surface area contributed by atoms with Crippen molar-refractivity contribution in [1.29, 1.82) is 0 Å². The molecule has 1 aliphatic heterocycles. The zero-order valence-electron chi connectivity index (χ0n) is 14.2. The maximum absolute atomic E-state index is 11.6. The van der Waals surface area contributed by atoms with Crippen LogP contribution in [0.15, 0.2) is 45.6 Å². The Hall–Kier alpha value is -2.91. The molecule has 0 bridgehead atoms. The highest BCUT2D eigenvalue weighted by atomic mass is 32.1. The van der Waals surface area contributed by atoms with Crippen LogP contribution in [-0.2, 0) is 4.79 Å². The van der Waals surface area contributed by atoms with Gasteiger partial charge in [-0.1, -0.05) is 11.3 Å². The molecule has 0 aliphatic carbocycles. The van der Waals surface area contributed by atoms with E-state index in [-0.39, 0.29) is 17.7 Å². The molecule has 1 N–H and O–H groups in total. The molecule has 0 aromatic carbocycles. The van der Waals surface area contributed by atoms with Gasteiger partial charge in [0.2, 0.25) is 16.7 Å². The SMILES string of the molecule is O=C1CCN(C(c2ccco2)c2sc3nc(-c4ccco4)nn3c2O)CC1. The molecule has 1 aliphatic rings. The van der Waals surface area contributed by atoms with Crippen molar-refractivity contribution in [2.75, 3.05) is 13.1 Å². The number of thiazole rings is 1. The number of nitrogens with zero attached hydrogens (tertiary/aromatic N) is 4.